The van der Waals surface area contributed by atoms with E-state index in [0.717, 1.165) is 13.0 Å². The van der Waals surface area contributed by atoms with Crippen molar-refractivity contribution in [2.24, 2.45) is 0 Å². The molecular formula is C9H14ClN. The van der Waals surface area contributed by atoms with Gasteiger partial charge in [0, 0.05) is 24.5 Å². The summed E-state index contributed by atoms with van der Waals surface area (Å²) in [6.07, 6.45) is 4.77. The van der Waals surface area contributed by atoms with Crippen molar-refractivity contribution in [3.05, 3.63) is 11.6 Å². The standard InChI is InChI=1S/C9H14ClN/c1-7-2-3-11-6-8(10)5-9(11)4-7/h4,8-9H,2-3,5-6H2,1H3. The Labute approximate surface area is 73.0 Å². The SMILES string of the molecule is CC1=CC2CC(Cl)CN2CC1. The first-order valence-electron chi connectivity index (χ1n) is 4.31. The lowest BCUT2D eigenvalue weighted by Crippen LogP contribution is -2.32. The van der Waals surface area contributed by atoms with Crippen LogP contribution in [0.1, 0.15) is 19.8 Å². The van der Waals surface area contributed by atoms with Gasteiger partial charge >= 0.3 is 0 Å². The van der Waals surface area contributed by atoms with E-state index in [4.69, 9.17) is 11.6 Å². The fourth-order valence-corrected chi connectivity index (χ4v) is 2.40. The number of hydrogen-bond donors (Lipinski definition) is 0. The first-order valence-corrected chi connectivity index (χ1v) is 4.75. The van der Waals surface area contributed by atoms with E-state index in [9.17, 15) is 0 Å². The van der Waals surface area contributed by atoms with Crippen molar-refractivity contribution >= 4 is 11.6 Å². The Morgan fingerprint density at radius 1 is 1.64 bits per heavy atom. The second kappa shape index (κ2) is 2.80. The minimum Gasteiger partial charge on any atom is -0.295 e. The van der Waals surface area contributed by atoms with E-state index in [-0.39, 0.29) is 0 Å². The van der Waals surface area contributed by atoms with Crippen molar-refractivity contribution in [1.29, 1.82) is 0 Å². The number of hydrogen-bond acceptors (Lipinski definition) is 1. The van der Waals surface area contributed by atoms with Crippen LogP contribution in [0.4, 0.5) is 0 Å². The molecule has 0 aliphatic carbocycles. The van der Waals surface area contributed by atoms with E-state index in [1.54, 1.807) is 0 Å². The topological polar surface area (TPSA) is 3.24 Å². The Kier molecular flexibility index (Phi) is 1.94. The van der Waals surface area contributed by atoms with Crippen molar-refractivity contribution in [3.63, 3.8) is 0 Å². The van der Waals surface area contributed by atoms with Gasteiger partial charge in [0.2, 0.25) is 0 Å². The van der Waals surface area contributed by atoms with Crippen molar-refractivity contribution in [2.45, 2.75) is 31.2 Å². The summed E-state index contributed by atoms with van der Waals surface area (Å²) in [5.74, 6) is 0. The lowest BCUT2D eigenvalue weighted by Gasteiger charge is -2.26. The number of rotatable bonds is 0. The third-order valence-electron chi connectivity index (χ3n) is 2.67. The molecule has 2 unspecified atom stereocenters. The maximum atomic E-state index is 6.06. The van der Waals surface area contributed by atoms with E-state index < -0.39 is 0 Å². The van der Waals surface area contributed by atoms with Gasteiger partial charge in [-0.05, 0) is 19.8 Å². The summed E-state index contributed by atoms with van der Waals surface area (Å²) in [7, 11) is 0. The number of nitrogens with zero attached hydrogens (tertiary/aromatic N) is 1. The lowest BCUT2D eigenvalue weighted by atomic mass is 10.0. The number of fused-ring (bicyclic) bond motifs is 1. The molecule has 0 spiro atoms. The van der Waals surface area contributed by atoms with Gasteiger partial charge in [-0.3, -0.25) is 4.90 Å². The minimum atomic E-state index is 0.391. The molecule has 0 radical (unpaired) electrons. The third-order valence-corrected chi connectivity index (χ3v) is 2.99. The fourth-order valence-electron chi connectivity index (χ4n) is 2.04. The molecule has 0 N–H and O–H groups in total. The summed E-state index contributed by atoms with van der Waals surface area (Å²) in [6, 6.07) is 0.659. The maximum Gasteiger partial charge on any atom is 0.0481 e. The molecule has 1 nitrogen and oxygen atoms in total. The Morgan fingerprint density at radius 2 is 2.45 bits per heavy atom. The molecule has 11 heavy (non-hydrogen) atoms. The van der Waals surface area contributed by atoms with E-state index in [0.29, 0.717) is 11.4 Å². The maximum absolute atomic E-state index is 6.06. The summed E-state index contributed by atoms with van der Waals surface area (Å²) in [5.41, 5.74) is 1.54. The van der Waals surface area contributed by atoms with Crippen molar-refractivity contribution in [1.82, 2.24) is 4.90 Å². The molecule has 0 amide bonds. The van der Waals surface area contributed by atoms with E-state index in [1.807, 2.05) is 0 Å². The molecule has 0 aromatic heterocycles. The fraction of sp³-hybridized carbons (Fsp3) is 0.778. The quantitative estimate of drug-likeness (QED) is 0.398. The summed E-state index contributed by atoms with van der Waals surface area (Å²) >= 11 is 6.06. The van der Waals surface area contributed by atoms with Gasteiger partial charge in [0.15, 0.2) is 0 Å². The van der Waals surface area contributed by atoms with Crippen LogP contribution in [0.15, 0.2) is 11.6 Å². The summed E-state index contributed by atoms with van der Waals surface area (Å²) in [5, 5.41) is 0.391. The van der Waals surface area contributed by atoms with Crippen LogP contribution in [0, 0.1) is 0 Å². The Bertz CT molecular complexity index is 188. The molecule has 2 aliphatic rings. The third kappa shape index (κ3) is 1.45. The molecule has 2 heterocycles. The van der Waals surface area contributed by atoms with Gasteiger partial charge in [-0.1, -0.05) is 11.6 Å². The second-order valence-corrected chi connectivity index (χ2v) is 4.28. The predicted molar refractivity (Wildman–Crippen MR) is 48.0 cm³/mol. The van der Waals surface area contributed by atoms with E-state index in [2.05, 4.69) is 17.9 Å². The van der Waals surface area contributed by atoms with E-state index >= 15 is 0 Å². The monoisotopic (exact) mass is 171 g/mol. The van der Waals surface area contributed by atoms with Crippen molar-refractivity contribution < 1.29 is 0 Å². The largest absolute Gasteiger partial charge is 0.295 e. The van der Waals surface area contributed by atoms with Crippen LogP contribution in [0.3, 0.4) is 0 Å². The molecule has 0 bridgehead atoms. The lowest BCUT2D eigenvalue weighted by molar-refractivity contribution is 0.279. The molecule has 2 heteroatoms. The van der Waals surface area contributed by atoms with Crippen LogP contribution in [0.5, 0.6) is 0 Å². The zero-order chi connectivity index (χ0) is 7.84. The highest BCUT2D eigenvalue weighted by Crippen LogP contribution is 2.27. The second-order valence-electron chi connectivity index (χ2n) is 3.66. The molecule has 62 valence electrons. The van der Waals surface area contributed by atoms with E-state index in [1.165, 1.54) is 18.5 Å². The highest BCUT2D eigenvalue weighted by molar-refractivity contribution is 6.21. The Balaban J connectivity index is 2.11. The number of alkyl halides is 1. The van der Waals surface area contributed by atoms with Crippen LogP contribution in [0.2, 0.25) is 0 Å². The average molecular weight is 172 g/mol. The van der Waals surface area contributed by atoms with Crippen LogP contribution in [0.25, 0.3) is 0 Å². The van der Waals surface area contributed by atoms with Gasteiger partial charge in [-0.15, -0.1) is 11.6 Å². The van der Waals surface area contributed by atoms with Gasteiger partial charge in [-0.2, -0.15) is 0 Å². The molecule has 1 saturated heterocycles. The summed E-state index contributed by atoms with van der Waals surface area (Å²) < 4.78 is 0. The molecule has 0 aromatic rings. The predicted octanol–water partition coefficient (Wildman–Crippen LogP) is 2.02. The molecule has 2 rings (SSSR count). The summed E-state index contributed by atoms with van der Waals surface area (Å²) in [6.45, 7) is 4.53. The first-order chi connectivity index (χ1) is 5.25. The Morgan fingerprint density at radius 3 is 3.27 bits per heavy atom. The van der Waals surface area contributed by atoms with Crippen LogP contribution < -0.4 is 0 Å². The average Bonchev–Trinajstić information content (AvgIpc) is 2.27. The molecular weight excluding hydrogens is 158 g/mol. The van der Waals surface area contributed by atoms with Gasteiger partial charge < -0.3 is 0 Å². The highest BCUT2D eigenvalue weighted by atomic mass is 35.5. The molecule has 0 saturated carbocycles. The smallest absolute Gasteiger partial charge is 0.0481 e. The van der Waals surface area contributed by atoms with Gasteiger partial charge in [0.1, 0.15) is 0 Å². The molecule has 0 aromatic carbocycles. The highest BCUT2D eigenvalue weighted by Gasteiger charge is 2.30. The van der Waals surface area contributed by atoms with Crippen molar-refractivity contribution in [2.75, 3.05) is 13.1 Å². The van der Waals surface area contributed by atoms with Crippen LogP contribution in [-0.4, -0.2) is 29.4 Å². The zero-order valence-corrected chi connectivity index (χ0v) is 7.64. The zero-order valence-electron chi connectivity index (χ0n) is 6.89. The first kappa shape index (κ1) is 7.63. The molecule has 2 atom stereocenters. The van der Waals surface area contributed by atoms with Crippen molar-refractivity contribution in [3.8, 4) is 0 Å². The van der Waals surface area contributed by atoms with Gasteiger partial charge in [0.25, 0.3) is 0 Å². The van der Waals surface area contributed by atoms with Crippen LogP contribution >= 0.6 is 11.6 Å². The normalized spacial score (nSPS) is 38.5. The van der Waals surface area contributed by atoms with Crippen LogP contribution in [-0.2, 0) is 0 Å². The summed E-state index contributed by atoms with van der Waals surface area (Å²) in [4.78, 5) is 2.49. The minimum absolute atomic E-state index is 0.391. The molecule has 1 fully saturated rings. The van der Waals surface area contributed by atoms with Gasteiger partial charge in [-0.25, -0.2) is 0 Å². The Hall–Kier alpha value is -0.0100. The van der Waals surface area contributed by atoms with Gasteiger partial charge in [0.05, 0.1) is 0 Å². The molecule has 2 aliphatic heterocycles. The number of halogens is 1.